The molecule has 0 spiro atoms. The molecule has 3 rings (SSSR count). The Kier molecular flexibility index (Phi) is 10.1. The molecule has 3 N–H and O–H groups in total. The van der Waals surface area contributed by atoms with Crippen molar-refractivity contribution < 1.29 is 47.7 Å². The minimum atomic E-state index is -1.15. The lowest BCUT2D eigenvalue weighted by atomic mass is 10.0. The lowest BCUT2D eigenvalue weighted by molar-refractivity contribution is -0.133. The van der Waals surface area contributed by atoms with Crippen LogP contribution in [0.15, 0.2) is 24.3 Å². The number of likely N-dealkylation sites (tertiary alicyclic amines) is 1. The van der Waals surface area contributed by atoms with Crippen LogP contribution in [-0.2, 0) is 35.0 Å². The maximum atomic E-state index is 13.3. The fraction of sp³-hybridized carbons (Fsp3) is 0.607. The van der Waals surface area contributed by atoms with Crippen LogP contribution in [0.25, 0.3) is 0 Å². The Hall–Kier alpha value is -4.23. The van der Waals surface area contributed by atoms with Gasteiger partial charge in [-0.1, -0.05) is 12.1 Å². The first-order valence-electron chi connectivity index (χ1n) is 13.6. The van der Waals surface area contributed by atoms with Crippen molar-refractivity contribution in [1.82, 2.24) is 20.9 Å². The number of piperazine rings is 1. The summed E-state index contributed by atoms with van der Waals surface area (Å²) in [5.74, 6) is -0.231. The molecule has 4 amide bonds. The van der Waals surface area contributed by atoms with E-state index in [0.717, 1.165) is 5.56 Å². The molecule has 2 heterocycles. The van der Waals surface area contributed by atoms with Gasteiger partial charge >= 0.3 is 18.3 Å². The summed E-state index contributed by atoms with van der Waals surface area (Å²) >= 11 is 0. The van der Waals surface area contributed by atoms with Gasteiger partial charge in [0.15, 0.2) is 12.2 Å². The molecule has 4 atom stereocenters. The zero-order valence-corrected chi connectivity index (χ0v) is 25.0. The highest BCUT2D eigenvalue weighted by atomic mass is 16.7. The second-order valence-electron chi connectivity index (χ2n) is 12.0. The Labute approximate surface area is 244 Å². The van der Waals surface area contributed by atoms with E-state index in [9.17, 15) is 24.0 Å². The second-order valence-corrected chi connectivity index (χ2v) is 12.0. The third kappa shape index (κ3) is 9.42. The standard InChI is InChI=1S/C28H40N4O10/c1-27(2,3)41-25(36)32-15-20(39-26(37)42-28(4,5)6)22(19(32)12-16-8-10-17(38-7)11-9-16)40-24(35)30-13-18-23(34)29-14-21(33)31-18/h8-11,18-20,22H,12-15H2,1-7H3,(H,29,34)(H,30,35)(H,31,33)/t18-,19+,20-,22-/m0/s1. The molecule has 0 aliphatic carbocycles. The van der Waals surface area contributed by atoms with Crippen LogP contribution in [-0.4, -0.2) is 97.3 Å². The number of nitrogens with zero attached hydrogens (tertiary/aromatic N) is 1. The smallest absolute Gasteiger partial charge is 0.497 e. The predicted molar refractivity (Wildman–Crippen MR) is 148 cm³/mol. The maximum Gasteiger partial charge on any atom is 0.509 e. The van der Waals surface area contributed by atoms with Gasteiger partial charge in [0.1, 0.15) is 23.0 Å². The largest absolute Gasteiger partial charge is 0.509 e. The van der Waals surface area contributed by atoms with E-state index in [1.807, 2.05) is 0 Å². The van der Waals surface area contributed by atoms with E-state index in [0.29, 0.717) is 5.75 Å². The topological polar surface area (TPSA) is 171 Å². The molecule has 42 heavy (non-hydrogen) atoms. The number of hydrogen-bond donors (Lipinski definition) is 3. The molecule has 0 bridgehead atoms. The first kappa shape index (κ1) is 32.3. The van der Waals surface area contributed by atoms with E-state index >= 15 is 0 Å². The lowest BCUT2D eigenvalue weighted by Crippen LogP contribution is -2.60. The van der Waals surface area contributed by atoms with Gasteiger partial charge in [-0.05, 0) is 65.7 Å². The van der Waals surface area contributed by atoms with E-state index in [4.69, 9.17) is 23.7 Å². The molecule has 2 aliphatic heterocycles. The van der Waals surface area contributed by atoms with Crippen LogP contribution in [0, 0.1) is 0 Å². The summed E-state index contributed by atoms with van der Waals surface area (Å²) in [6.07, 6.45) is -4.70. The van der Waals surface area contributed by atoms with Crippen molar-refractivity contribution in [2.45, 2.75) is 83.5 Å². The Balaban J connectivity index is 1.87. The monoisotopic (exact) mass is 592 g/mol. The molecule has 0 radical (unpaired) electrons. The van der Waals surface area contributed by atoms with Gasteiger partial charge in [-0.3, -0.25) is 14.5 Å². The molecule has 14 heteroatoms. The van der Waals surface area contributed by atoms with Crippen LogP contribution in [0.4, 0.5) is 14.4 Å². The summed E-state index contributed by atoms with van der Waals surface area (Å²) in [4.78, 5) is 64.0. The van der Waals surface area contributed by atoms with Crippen molar-refractivity contribution in [1.29, 1.82) is 0 Å². The molecule has 0 saturated carbocycles. The number of hydrogen-bond acceptors (Lipinski definition) is 10. The lowest BCUT2D eigenvalue weighted by Gasteiger charge is -2.30. The molecule has 0 unspecified atom stereocenters. The van der Waals surface area contributed by atoms with Crippen LogP contribution in [0.3, 0.4) is 0 Å². The van der Waals surface area contributed by atoms with Crippen molar-refractivity contribution in [3.05, 3.63) is 29.8 Å². The third-order valence-electron chi connectivity index (χ3n) is 6.16. The van der Waals surface area contributed by atoms with Crippen LogP contribution < -0.4 is 20.7 Å². The zero-order chi connectivity index (χ0) is 31.2. The number of amides is 4. The average molecular weight is 593 g/mol. The fourth-order valence-corrected chi connectivity index (χ4v) is 4.37. The fourth-order valence-electron chi connectivity index (χ4n) is 4.37. The maximum absolute atomic E-state index is 13.3. The molecule has 14 nitrogen and oxygen atoms in total. The Morgan fingerprint density at radius 2 is 1.62 bits per heavy atom. The van der Waals surface area contributed by atoms with E-state index in [-0.39, 0.29) is 26.1 Å². The van der Waals surface area contributed by atoms with E-state index in [1.54, 1.807) is 72.9 Å². The second kappa shape index (κ2) is 13.2. The number of nitrogens with one attached hydrogen (secondary N) is 3. The third-order valence-corrected chi connectivity index (χ3v) is 6.16. The summed E-state index contributed by atoms with van der Waals surface area (Å²) in [5, 5.41) is 7.37. The van der Waals surface area contributed by atoms with Gasteiger partial charge in [-0.2, -0.15) is 0 Å². The number of ether oxygens (including phenoxy) is 5. The van der Waals surface area contributed by atoms with Crippen molar-refractivity contribution >= 4 is 30.2 Å². The highest BCUT2D eigenvalue weighted by molar-refractivity contribution is 5.95. The summed E-state index contributed by atoms with van der Waals surface area (Å²) in [7, 11) is 1.54. The SMILES string of the molecule is COc1ccc(C[C@@H]2[C@H](OC(=O)NC[C@@H]3NC(=O)CNC3=O)[C@@H](OC(=O)OC(C)(C)C)CN2C(=O)OC(C)(C)C)cc1. The normalized spacial score (nSPS) is 22.4. The van der Waals surface area contributed by atoms with Crippen LogP contribution in [0.1, 0.15) is 47.1 Å². The van der Waals surface area contributed by atoms with Gasteiger partial charge in [-0.25, -0.2) is 14.4 Å². The zero-order valence-electron chi connectivity index (χ0n) is 25.0. The van der Waals surface area contributed by atoms with Crippen molar-refractivity contribution in [3.63, 3.8) is 0 Å². The number of rotatable bonds is 7. The highest BCUT2D eigenvalue weighted by Crippen LogP contribution is 2.30. The van der Waals surface area contributed by atoms with Crippen molar-refractivity contribution in [2.75, 3.05) is 26.7 Å². The van der Waals surface area contributed by atoms with Gasteiger partial charge in [0, 0.05) is 0 Å². The molecule has 1 aromatic carbocycles. The van der Waals surface area contributed by atoms with Crippen LogP contribution in [0.2, 0.25) is 0 Å². The molecule has 2 saturated heterocycles. The summed E-state index contributed by atoms with van der Waals surface area (Å²) in [5.41, 5.74) is -0.908. The quantitative estimate of drug-likeness (QED) is 0.314. The minimum absolute atomic E-state index is 0.145. The van der Waals surface area contributed by atoms with E-state index in [2.05, 4.69) is 16.0 Å². The van der Waals surface area contributed by atoms with Crippen LogP contribution >= 0.6 is 0 Å². The van der Waals surface area contributed by atoms with Gasteiger partial charge in [0.25, 0.3) is 0 Å². The Morgan fingerprint density at radius 3 is 2.21 bits per heavy atom. The predicted octanol–water partition coefficient (Wildman–Crippen LogP) is 1.89. The van der Waals surface area contributed by atoms with Gasteiger partial charge in [0.2, 0.25) is 11.8 Å². The van der Waals surface area contributed by atoms with Crippen molar-refractivity contribution in [3.8, 4) is 5.75 Å². The number of carbonyl (C=O) groups excluding carboxylic acids is 5. The van der Waals surface area contributed by atoms with Crippen LogP contribution in [0.5, 0.6) is 5.75 Å². The minimum Gasteiger partial charge on any atom is -0.497 e. The molecule has 1 aromatic rings. The molecule has 2 aliphatic rings. The van der Waals surface area contributed by atoms with Gasteiger partial charge in [0.05, 0.1) is 32.8 Å². The summed E-state index contributed by atoms with van der Waals surface area (Å²) in [6.45, 7) is 9.62. The summed E-state index contributed by atoms with van der Waals surface area (Å²) in [6, 6.07) is 5.30. The number of benzene rings is 1. The molecule has 2 fully saturated rings. The molecular formula is C28H40N4O10. The Morgan fingerprint density at radius 1 is 0.976 bits per heavy atom. The first-order valence-corrected chi connectivity index (χ1v) is 13.6. The van der Waals surface area contributed by atoms with E-state index < -0.39 is 65.6 Å². The number of methoxy groups -OCH3 is 1. The number of alkyl carbamates (subject to hydrolysis) is 1. The van der Waals surface area contributed by atoms with Crippen molar-refractivity contribution in [2.24, 2.45) is 0 Å². The van der Waals surface area contributed by atoms with Gasteiger partial charge < -0.3 is 39.6 Å². The Bertz CT molecular complexity index is 1160. The first-order chi connectivity index (χ1) is 19.5. The summed E-state index contributed by atoms with van der Waals surface area (Å²) < 4.78 is 27.5. The van der Waals surface area contributed by atoms with Gasteiger partial charge in [-0.15, -0.1) is 0 Å². The molecular weight excluding hydrogens is 552 g/mol. The molecule has 0 aromatic heterocycles. The highest BCUT2D eigenvalue weighted by Gasteiger charge is 2.50. The van der Waals surface area contributed by atoms with E-state index in [1.165, 1.54) is 4.90 Å². The average Bonchev–Trinajstić information content (AvgIpc) is 3.19. The number of carbonyl (C=O) groups is 5. The molecule has 232 valence electrons.